The highest BCUT2D eigenvalue weighted by molar-refractivity contribution is 4.79. The first-order valence-electron chi connectivity index (χ1n) is 5.02. The molecule has 0 saturated heterocycles. The summed E-state index contributed by atoms with van der Waals surface area (Å²) in [6, 6.07) is 0. The summed E-state index contributed by atoms with van der Waals surface area (Å²) in [5.74, 6) is 0. The van der Waals surface area contributed by atoms with Crippen LogP contribution in [0.2, 0.25) is 0 Å². The fourth-order valence-electron chi connectivity index (χ4n) is 1.32. The van der Waals surface area contributed by atoms with Crippen LogP contribution in [-0.4, -0.2) is 18.8 Å². The lowest BCUT2D eigenvalue weighted by atomic mass is 9.99. The minimum atomic E-state index is -1.52. The van der Waals surface area contributed by atoms with Crippen molar-refractivity contribution in [3.63, 3.8) is 0 Å². The van der Waals surface area contributed by atoms with Crippen LogP contribution >= 0.6 is 0 Å². The van der Waals surface area contributed by atoms with Crippen molar-refractivity contribution in [3.05, 3.63) is 20.9 Å². The van der Waals surface area contributed by atoms with Crippen molar-refractivity contribution in [2.75, 3.05) is 13.1 Å². The molecule has 0 aromatic carbocycles. The van der Waals surface area contributed by atoms with E-state index in [0.717, 1.165) is 0 Å². The molecule has 0 aromatic heterocycles. The summed E-state index contributed by atoms with van der Waals surface area (Å²) < 4.78 is 25.1. The molecule has 0 spiro atoms. The van der Waals surface area contributed by atoms with Gasteiger partial charge in [0.15, 0.2) is 0 Å². The molecule has 0 bridgehead atoms. The SMILES string of the molecule is [N-]=[N+]=NCCCC(CCCN=[N+]=[N-])(NF)NF. The summed E-state index contributed by atoms with van der Waals surface area (Å²) >= 11 is 0. The number of hydrogen-bond acceptors (Lipinski definition) is 4. The number of rotatable bonds is 10. The largest absolute Gasteiger partial charge is 0.137 e. The number of nitrogens with zero attached hydrogens (tertiary/aromatic N) is 6. The van der Waals surface area contributed by atoms with Crippen LogP contribution in [0.4, 0.5) is 8.96 Å². The molecule has 0 rings (SSSR count). The van der Waals surface area contributed by atoms with E-state index in [0.29, 0.717) is 12.8 Å². The van der Waals surface area contributed by atoms with E-state index in [1.54, 1.807) is 0 Å². The highest BCUT2D eigenvalue weighted by atomic mass is 19.2. The van der Waals surface area contributed by atoms with E-state index >= 15 is 0 Å². The Balaban J connectivity index is 4.13. The van der Waals surface area contributed by atoms with Crippen LogP contribution in [0.5, 0.6) is 0 Å². The molecule has 0 aliphatic carbocycles. The van der Waals surface area contributed by atoms with E-state index in [1.165, 1.54) is 11.1 Å². The van der Waals surface area contributed by atoms with Gasteiger partial charge < -0.3 is 0 Å². The van der Waals surface area contributed by atoms with Crippen molar-refractivity contribution in [2.24, 2.45) is 10.2 Å². The standard InChI is InChI=1S/C7H14F2N8/c8-14-7(15-9,3-1-5-12-16-10)4-2-6-13-17-11/h14-15H,1-6H2. The predicted molar refractivity (Wildman–Crippen MR) is 57.7 cm³/mol. The molecule has 0 heterocycles. The first-order valence-corrected chi connectivity index (χ1v) is 5.02. The second-order valence-corrected chi connectivity index (χ2v) is 3.39. The van der Waals surface area contributed by atoms with Gasteiger partial charge in [0.1, 0.15) is 5.66 Å². The lowest BCUT2D eigenvalue weighted by Gasteiger charge is -2.27. The second kappa shape index (κ2) is 9.61. The maximum atomic E-state index is 12.6. The van der Waals surface area contributed by atoms with Gasteiger partial charge in [-0.1, -0.05) is 10.2 Å². The third-order valence-electron chi connectivity index (χ3n) is 2.21. The molecular formula is C7H14F2N8. The molecule has 0 saturated carbocycles. The van der Waals surface area contributed by atoms with E-state index in [-0.39, 0.29) is 25.9 Å². The van der Waals surface area contributed by atoms with E-state index < -0.39 is 5.66 Å². The van der Waals surface area contributed by atoms with Crippen LogP contribution in [0.1, 0.15) is 25.7 Å². The molecule has 0 radical (unpaired) electrons. The maximum Gasteiger partial charge on any atom is 0.125 e. The zero-order valence-corrected chi connectivity index (χ0v) is 9.18. The zero-order chi connectivity index (χ0) is 13.0. The summed E-state index contributed by atoms with van der Waals surface area (Å²) in [7, 11) is 0. The van der Waals surface area contributed by atoms with Gasteiger partial charge in [0.05, 0.1) is 0 Å². The Kier molecular flexibility index (Phi) is 8.71. The van der Waals surface area contributed by atoms with Gasteiger partial charge in [0.25, 0.3) is 0 Å². The molecule has 0 unspecified atom stereocenters. The van der Waals surface area contributed by atoms with Gasteiger partial charge in [-0.25, -0.2) is 0 Å². The van der Waals surface area contributed by atoms with Crippen LogP contribution in [0, 0.1) is 0 Å². The summed E-state index contributed by atoms with van der Waals surface area (Å²) in [4.78, 5) is 5.07. The third-order valence-corrected chi connectivity index (χ3v) is 2.21. The Morgan fingerprint density at radius 1 is 0.941 bits per heavy atom. The number of nitrogens with one attached hydrogen (secondary N) is 2. The van der Waals surface area contributed by atoms with Crippen molar-refractivity contribution in [1.82, 2.24) is 11.1 Å². The molecule has 0 atom stereocenters. The summed E-state index contributed by atoms with van der Waals surface area (Å²) in [6.07, 6.45) is 0.878. The average molecular weight is 248 g/mol. The van der Waals surface area contributed by atoms with Gasteiger partial charge in [-0.3, -0.25) is 0 Å². The van der Waals surface area contributed by atoms with Crippen LogP contribution in [0.15, 0.2) is 10.2 Å². The Hall–Kier alpha value is -1.60. The molecule has 2 N–H and O–H groups in total. The minimum Gasteiger partial charge on any atom is -0.137 e. The first-order chi connectivity index (χ1) is 8.24. The van der Waals surface area contributed by atoms with Gasteiger partial charge in [0, 0.05) is 22.9 Å². The van der Waals surface area contributed by atoms with Crippen LogP contribution < -0.4 is 11.1 Å². The van der Waals surface area contributed by atoms with Gasteiger partial charge >= 0.3 is 0 Å². The molecule has 0 aliphatic rings. The lowest BCUT2D eigenvalue weighted by molar-refractivity contribution is 0.0419. The second-order valence-electron chi connectivity index (χ2n) is 3.39. The predicted octanol–water partition coefficient (Wildman–Crippen LogP) is 2.81. The average Bonchev–Trinajstić information content (AvgIpc) is 2.37. The molecule has 17 heavy (non-hydrogen) atoms. The van der Waals surface area contributed by atoms with E-state index in [1.807, 2.05) is 0 Å². The molecular weight excluding hydrogens is 234 g/mol. The summed E-state index contributed by atoms with van der Waals surface area (Å²) in [6.45, 7) is 0.329. The van der Waals surface area contributed by atoms with Crippen LogP contribution in [-0.2, 0) is 0 Å². The van der Waals surface area contributed by atoms with Crippen molar-refractivity contribution in [3.8, 4) is 0 Å². The fraction of sp³-hybridized carbons (Fsp3) is 1.00. The summed E-state index contributed by atoms with van der Waals surface area (Å²) in [5, 5.41) is 6.53. The normalized spacial score (nSPS) is 10.5. The fourth-order valence-corrected chi connectivity index (χ4v) is 1.32. The third kappa shape index (κ3) is 6.54. The van der Waals surface area contributed by atoms with E-state index in [9.17, 15) is 8.96 Å². The Morgan fingerprint density at radius 3 is 1.65 bits per heavy atom. The van der Waals surface area contributed by atoms with Crippen molar-refractivity contribution in [2.45, 2.75) is 31.3 Å². The van der Waals surface area contributed by atoms with Crippen LogP contribution in [0.3, 0.4) is 0 Å². The Morgan fingerprint density at radius 2 is 1.35 bits per heavy atom. The van der Waals surface area contributed by atoms with Gasteiger partial charge in [-0.05, 0) is 36.7 Å². The maximum absolute atomic E-state index is 12.6. The highest BCUT2D eigenvalue weighted by Crippen LogP contribution is 2.17. The number of halogens is 2. The number of azide groups is 2. The molecule has 0 amide bonds. The van der Waals surface area contributed by atoms with Crippen molar-refractivity contribution >= 4 is 0 Å². The van der Waals surface area contributed by atoms with E-state index in [4.69, 9.17) is 11.1 Å². The topological polar surface area (TPSA) is 122 Å². The summed E-state index contributed by atoms with van der Waals surface area (Å²) in [5.41, 5.74) is 17.3. The monoisotopic (exact) mass is 248 g/mol. The number of hydrogen-bond donors (Lipinski definition) is 2. The lowest BCUT2D eigenvalue weighted by Crippen LogP contribution is -2.50. The molecule has 8 nitrogen and oxygen atoms in total. The van der Waals surface area contributed by atoms with Gasteiger partial charge in [-0.2, -0.15) is 0 Å². The first kappa shape index (κ1) is 15.4. The molecule has 0 fully saturated rings. The van der Waals surface area contributed by atoms with Gasteiger partial charge in [0.2, 0.25) is 0 Å². The molecule has 0 aromatic rings. The van der Waals surface area contributed by atoms with Gasteiger partial charge in [-0.15, -0.1) is 20.0 Å². The van der Waals surface area contributed by atoms with Crippen LogP contribution in [0.25, 0.3) is 20.9 Å². The Bertz CT molecular complexity index is 266. The van der Waals surface area contributed by atoms with Crippen molar-refractivity contribution < 1.29 is 8.96 Å². The van der Waals surface area contributed by atoms with E-state index in [2.05, 4.69) is 20.1 Å². The Labute approximate surface area is 96.5 Å². The molecule has 0 aliphatic heterocycles. The smallest absolute Gasteiger partial charge is 0.125 e. The zero-order valence-electron chi connectivity index (χ0n) is 9.18. The molecule has 10 heteroatoms. The highest BCUT2D eigenvalue weighted by Gasteiger charge is 2.29. The minimum absolute atomic E-state index is 0.106. The van der Waals surface area contributed by atoms with Crippen molar-refractivity contribution in [1.29, 1.82) is 0 Å². The quantitative estimate of drug-likeness (QED) is 0.154. The molecule has 96 valence electrons.